The van der Waals surface area contributed by atoms with Gasteiger partial charge in [0.1, 0.15) is 11.3 Å². The van der Waals surface area contributed by atoms with Crippen LogP contribution in [0.4, 0.5) is 5.82 Å². The largest absolute Gasteiger partial charge is 0.382 e. The molecule has 0 aliphatic rings. The maximum absolute atomic E-state index is 8.88. The average Bonchev–Trinajstić information content (AvgIpc) is 3.07. The van der Waals surface area contributed by atoms with E-state index in [0.29, 0.717) is 12.2 Å². The quantitative estimate of drug-likeness (QED) is 0.537. The molecule has 4 aromatic rings. The van der Waals surface area contributed by atoms with Gasteiger partial charge in [-0.25, -0.2) is 9.97 Å². The molecule has 0 aliphatic heterocycles. The number of nitrogens with zero attached hydrogens (tertiary/aromatic N) is 4. The van der Waals surface area contributed by atoms with Crippen LogP contribution in [0.15, 0.2) is 48.5 Å². The van der Waals surface area contributed by atoms with Gasteiger partial charge in [0.25, 0.3) is 0 Å². The molecule has 0 atom stereocenters. The van der Waals surface area contributed by atoms with Gasteiger partial charge < -0.3 is 10.3 Å². The third-order valence-corrected chi connectivity index (χ3v) is 5.09. The Bertz CT molecular complexity index is 1170. The second kappa shape index (κ2) is 7.69. The highest BCUT2D eigenvalue weighted by molar-refractivity contribution is 6.06. The lowest BCUT2D eigenvalue weighted by molar-refractivity contribution is 0.690. The number of aromatic nitrogens is 3. The number of benzene rings is 2. The molecule has 4 rings (SSSR count). The van der Waals surface area contributed by atoms with Gasteiger partial charge in [0.05, 0.1) is 23.5 Å². The molecule has 2 N–H and O–H groups in total. The van der Waals surface area contributed by atoms with E-state index in [2.05, 4.69) is 40.7 Å². The molecular formula is C23H23N5. The summed E-state index contributed by atoms with van der Waals surface area (Å²) in [5.74, 6) is 1.53. The van der Waals surface area contributed by atoms with Gasteiger partial charge in [0.15, 0.2) is 5.82 Å². The Kier molecular flexibility index (Phi) is 4.94. The van der Waals surface area contributed by atoms with Crippen molar-refractivity contribution < 1.29 is 0 Å². The molecule has 2 aromatic heterocycles. The van der Waals surface area contributed by atoms with Crippen molar-refractivity contribution in [2.24, 2.45) is 0 Å². The number of anilines is 1. The summed E-state index contributed by atoms with van der Waals surface area (Å²) in [6, 6.07) is 18.5. The van der Waals surface area contributed by atoms with Gasteiger partial charge in [-0.3, -0.25) is 0 Å². The predicted octanol–water partition coefficient (Wildman–Crippen LogP) is 4.62. The molecule has 0 spiro atoms. The zero-order valence-corrected chi connectivity index (χ0v) is 16.0. The van der Waals surface area contributed by atoms with E-state index in [1.807, 2.05) is 30.3 Å². The molecule has 0 aliphatic carbocycles. The van der Waals surface area contributed by atoms with Gasteiger partial charge in [-0.2, -0.15) is 5.26 Å². The van der Waals surface area contributed by atoms with Crippen molar-refractivity contribution in [3.8, 4) is 6.07 Å². The van der Waals surface area contributed by atoms with E-state index in [1.54, 1.807) is 0 Å². The van der Waals surface area contributed by atoms with E-state index in [-0.39, 0.29) is 0 Å². The van der Waals surface area contributed by atoms with Gasteiger partial charge in [-0.1, -0.05) is 55.8 Å². The molecule has 0 radical (unpaired) electrons. The number of nitrogen functional groups attached to an aromatic ring is 1. The van der Waals surface area contributed by atoms with Crippen LogP contribution in [-0.4, -0.2) is 14.5 Å². The smallest absolute Gasteiger partial charge is 0.152 e. The highest BCUT2D eigenvalue weighted by atomic mass is 15.1. The van der Waals surface area contributed by atoms with Crippen LogP contribution < -0.4 is 5.73 Å². The second-order valence-electron chi connectivity index (χ2n) is 7.08. The van der Waals surface area contributed by atoms with Crippen LogP contribution in [0.2, 0.25) is 0 Å². The summed E-state index contributed by atoms with van der Waals surface area (Å²) in [6.07, 6.45) is 3.53. The molecule has 5 heteroatoms. The van der Waals surface area contributed by atoms with Crippen molar-refractivity contribution in [3.05, 3.63) is 65.5 Å². The van der Waals surface area contributed by atoms with Crippen LogP contribution in [0.25, 0.3) is 21.9 Å². The van der Waals surface area contributed by atoms with E-state index in [9.17, 15) is 0 Å². The van der Waals surface area contributed by atoms with Crippen LogP contribution in [0, 0.1) is 11.3 Å². The summed E-state index contributed by atoms with van der Waals surface area (Å²) in [5.41, 5.74) is 11.2. The van der Waals surface area contributed by atoms with Crippen molar-refractivity contribution in [2.45, 2.75) is 39.2 Å². The van der Waals surface area contributed by atoms with Gasteiger partial charge in [0, 0.05) is 18.4 Å². The summed E-state index contributed by atoms with van der Waals surface area (Å²) in [6.45, 7) is 2.90. The number of hydrogen-bond acceptors (Lipinski definition) is 4. The Hall–Kier alpha value is -3.39. The SMILES string of the molecule is CCCCc1nc2c(N)nc3ccccc3c2n1Cc1ccc(CC#N)cc1. The maximum Gasteiger partial charge on any atom is 0.152 e. The molecule has 5 nitrogen and oxygen atoms in total. The summed E-state index contributed by atoms with van der Waals surface area (Å²) < 4.78 is 2.28. The third-order valence-electron chi connectivity index (χ3n) is 5.09. The number of nitriles is 1. The molecule has 0 amide bonds. The fraction of sp³-hybridized carbons (Fsp3) is 0.261. The third kappa shape index (κ3) is 3.29. The Balaban J connectivity index is 1.87. The Morgan fingerprint density at radius 2 is 1.79 bits per heavy atom. The Morgan fingerprint density at radius 3 is 2.54 bits per heavy atom. The molecule has 0 bridgehead atoms. The van der Waals surface area contributed by atoms with E-state index < -0.39 is 0 Å². The fourth-order valence-electron chi connectivity index (χ4n) is 3.64. The van der Waals surface area contributed by atoms with E-state index in [0.717, 1.165) is 59.1 Å². The van der Waals surface area contributed by atoms with Gasteiger partial charge in [0.2, 0.25) is 0 Å². The lowest BCUT2D eigenvalue weighted by Gasteiger charge is -2.11. The minimum Gasteiger partial charge on any atom is -0.382 e. The summed E-state index contributed by atoms with van der Waals surface area (Å²) >= 11 is 0. The van der Waals surface area contributed by atoms with Crippen molar-refractivity contribution in [3.63, 3.8) is 0 Å². The summed E-state index contributed by atoms with van der Waals surface area (Å²) in [4.78, 5) is 9.42. The molecular weight excluding hydrogens is 346 g/mol. The summed E-state index contributed by atoms with van der Waals surface area (Å²) in [7, 11) is 0. The molecule has 140 valence electrons. The number of hydrogen-bond donors (Lipinski definition) is 1. The van der Waals surface area contributed by atoms with Gasteiger partial charge in [-0.05, 0) is 23.6 Å². The first kappa shape index (κ1) is 18.0. The van der Waals surface area contributed by atoms with E-state index >= 15 is 0 Å². The number of para-hydroxylation sites is 1. The minimum atomic E-state index is 0.433. The highest BCUT2D eigenvalue weighted by Crippen LogP contribution is 2.30. The Labute approximate surface area is 164 Å². The van der Waals surface area contributed by atoms with E-state index in [4.69, 9.17) is 16.0 Å². The van der Waals surface area contributed by atoms with Crippen molar-refractivity contribution >= 4 is 27.8 Å². The molecule has 28 heavy (non-hydrogen) atoms. The van der Waals surface area contributed by atoms with Crippen LogP contribution in [0.3, 0.4) is 0 Å². The number of pyridine rings is 1. The zero-order chi connectivity index (χ0) is 19.5. The standard InChI is InChI=1S/C23H23N5/c1-2-3-8-20-27-21-22(18-6-4-5-7-19(18)26-23(21)25)28(20)15-17-11-9-16(10-12-17)13-14-24/h4-7,9-12H,2-3,8,13,15H2,1H3,(H2,25,26). The van der Waals surface area contributed by atoms with Crippen LogP contribution >= 0.6 is 0 Å². The number of rotatable bonds is 6. The second-order valence-corrected chi connectivity index (χ2v) is 7.08. The van der Waals surface area contributed by atoms with Crippen LogP contribution in [-0.2, 0) is 19.4 Å². The number of nitrogens with two attached hydrogens (primary N) is 1. The minimum absolute atomic E-state index is 0.433. The maximum atomic E-state index is 8.88. The Morgan fingerprint density at radius 1 is 1.04 bits per heavy atom. The van der Waals surface area contributed by atoms with Crippen molar-refractivity contribution in [2.75, 3.05) is 5.73 Å². The number of aryl methyl sites for hydroxylation is 1. The van der Waals surface area contributed by atoms with Gasteiger partial charge in [-0.15, -0.1) is 0 Å². The molecule has 2 aromatic carbocycles. The summed E-state index contributed by atoms with van der Waals surface area (Å²) in [5, 5.41) is 9.95. The first-order chi connectivity index (χ1) is 13.7. The number of fused-ring (bicyclic) bond motifs is 3. The molecule has 0 fully saturated rings. The topological polar surface area (TPSA) is 80.5 Å². The highest BCUT2D eigenvalue weighted by Gasteiger charge is 2.17. The normalized spacial score (nSPS) is 11.1. The number of unbranched alkanes of at least 4 members (excludes halogenated alkanes) is 1. The monoisotopic (exact) mass is 369 g/mol. The zero-order valence-electron chi connectivity index (χ0n) is 16.0. The molecule has 0 unspecified atom stereocenters. The predicted molar refractivity (Wildman–Crippen MR) is 113 cm³/mol. The lowest BCUT2D eigenvalue weighted by Crippen LogP contribution is -2.06. The average molecular weight is 369 g/mol. The van der Waals surface area contributed by atoms with Crippen LogP contribution in [0.1, 0.15) is 36.7 Å². The molecule has 0 saturated carbocycles. The first-order valence-electron chi connectivity index (χ1n) is 9.69. The fourth-order valence-corrected chi connectivity index (χ4v) is 3.64. The molecule has 0 saturated heterocycles. The van der Waals surface area contributed by atoms with Crippen molar-refractivity contribution in [1.82, 2.24) is 14.5 Å². The number of imidazole rings is 1. The lowest BCUT2D eigenvalue weighted by atomic mass is 10.1. The molecule has 2 heterocycles. The van der Waals surface area contributed by atoms with Crippen molar-refractivity contribution in [1.29, 1.82) is 5.26 Å². The first-order valence-corrected chi connectivity index (χ1v) is 9.69. The van der Waals surface area contributed by atoms with Gasteiger partial charge >= 0.3 is 0 Å². The van der Waals surface area contributed by atoms with Crippen LogP contribution in [0.5, 0.6) is 0 Å². The van der Waals surface area contributed by atoms with E-state index in [1.165, 1.54) is 5.56 Å².